The van der Waals surface area contributed by atoms with E-state index in [1.165, 1.54) is 0 Å². The zero-order chi connectivity index (χ0) is 31.4. The van der Waals surface area contributed by atoms with Gasteiger partial charge in [0.1, 0.15) is 0 Å². The van der Waals surface area contributed by atoms with Crippen molar-refractivity contribution >= 4 is 17.8 Å². The molecule has 1 aromatic heterocycles. The first kappa shape index (κ1) is 32.4. The monoisotopic (exact) mass is 583 g/mol. The quantitative estimate of drug-likeness (QED) is 0.355. The van der Waals surface area contributed by atoms with Gasteiger partial charge in [0.2, 0.25) is 0 Å². The lowest BCUT2D eigenvalue weighted by molar-refractivity contribution is -0.134. The number of aromatic nitrogens is 1. The second-order valence-electron chi connectivity index (χ2n) is 11.3. The van der Waals surface area contributed by atoms with Gasteiger partial charge in [0, 0.05) is 60.0 Å². The predicted molar refractivity (Wildman–Crippen MR) is 157 cm³/mol. The Labute approximate surface area is 245 Å². The van der Waals surface area contributed by atoms with Crippen LogP contribution in [0.4, 0.5) is 0 Å². The van der Waals surface area contributed by atoms with E-state index in [2.05, 4.69) is 29.3 Å². The number of aromatic amines is 1. The average Bonchev–Trinajstić information content (AvgIpc) is 3.29. The van der Waals surface area contributed by atoms with Crippen LogP contribution in [0.2, 0.25) is 0 Å². The second kappa shape index (κ2) is 13.2. The summed E-state index contributed by atoms with van der Waals surface area (Å²) in [5.74, 6) is -1.78. The third kappa shape index (κ3) is 7.58. The summed E-state index contributed by atoms with van der Waals surface area (Å²) < 4.78 is 12.9. The van der Waals surface area contributed by atoms with Gasteiger partial charge in [0.05, 0.1) is 0 Å². The molecule has 42 heavy (non-hydrogen) atoms. The van der Waals surface area contributed by atoms with Crippen molar-refractivity contribution in [2.24, 2.45) is 5.92 Å². The van der Waals surface area contributed by atoms with Gasteiger partial charge in [0.15, 0.2) is 11.5 Å². The maximum absolute atomic E-state index is 13.1. The lowest BCUT2D eigenvalue weighted by atomic mass is 9.81. The molecule has 4 N–H and O–H groups in total. The second-order valence-corrected chi connectivity index (χ2v) is 11.3. The molecule has 1 amide bonds. The van der Waals surface area contributed by atoms with Crippen LogP contribution in [0.3, 0.4) is 0 Å². The van der Waals surface area contributed by atoms with E-state index in [1.54, 1.807) is 0 Å². The van der Waals surface area contributed by atoms with Gasteiger partial charge in [-0.2, -0.15) is 0 Å². The molecule has 2 aromatic rings. The number of pyridine rings is 1. The minimum absolute atomic E-state index is 0.167. The van der Waals surface area contributed by atoms with Crippen molar-refractivity contribution in [3.63, 3.8) is 0 Å². The van der Waals surface area contributed by atoms with Crippen LogP contribution >= 0.6 is 0 Å². The summed E-state index contributed by atoms with van der Waals surface area (Å²) in [5.41, 5.74) is 4.24. The van der Waals surface area contributed by atoms with Crippen LogP contribution in [0.25, 0.3) is 0 Å². The van der Waals surface area contributed by atoms with E-state index in [9.17, 15) is 19.2 Å². The van der Waals surface area contributed by atoms with Gasteiger partial charge in [0.25, 0.3) is 17.3 Å². The van der Waals surface area contributed by atoms with E-state index in [-0.39, 0.29) is 18.0 Å². The van der Waals surface area contributed by atoms with E-state index in [0.29, 0.717) is 41.0 Å². The zero-order valence-corrected chi connectivity index (χ0v) is 25.3. The Morgan fingerprint density at radius 2 is 1.55 bits per heavy atom. The molecule has 11 nitrogen and oxygen atoms in total. The average molecular weight is 584 g/mol. The minimum atomic E-state index is -1.26. The number of carboxylic acids is 2. The largest absolute Gasteiger partial charge is 0.478 e. The van der Waals surface area contributed by atoms with Crippen molar-refractivity contribution in [1.82, 2.24) is 15.2 Å². The summed E-state index contributed by atoms with van der Waals surface area (Å²) in [6.07, 6.45) is 5.45. The standard InChI is InChI=1S/C27H37N3O4.C4H4O4/c1-15-12-17(3)29-26(32)22(15)14-28-25(31)21-13-16(2)23-24(18(21)4)34-27(5,33-23)19-8-10-20(11-9-19)30(6)7;5-3(6)1-2-4(7)8/h12-13,19-20H,8-11,14H2,1-7H3,(H,28,31)(H,29,32);1-2H,(H,5,6)(H,7,8)/t19?,20?,27-;/m0./s1. The van der Waals surface area contributed by atoms with Gasteiger partial charge in [-0.3, -0.25) is 9.59 Å². The minimum Gasteiger partial charge on any atom is -0.478 e. The number of nitrogens with one attached hydrogen (secondary N) is 2. The van der Waals surface area contributed by atoms with Crippen molar-refractivity contribution in [3.05, 3.63) is 68.1 Å². The van der Waals surface area contributed by atoms with Gasteiger partial charge >= 0.3 is 11.9 Å². The summed E-state index contributed by atoms with van der Waals surface area (Å²) in [5, 5.41) is 18.5. The molecular weight excluding hydrogens is 542 g/mol. The number of H-pyrrole nitrogens is 1. The Morgan fingerprint density at radius 1 is 0.976 bits per heavy atom. The fourth-order valence-electron chi connectivity index (χ4n) is 5.56. The maximum atomic E-state index is 13.1. The molecule has 4 rings (SSSR count). The van der Waals surface area contributed by atoms with Gasteiger partial charge in [-0.15, -0.1) is 0 Å². The molecular formula is C31H41N3O8. The van der Waals surface area contributed by atoms with Crippen LogP contribution in [0.15, 0.2) is 29.1 Å². The first-order valence-corrected chi connectivity index (χ1v) is 13.9. The van der Waals surface area contributed by atoms with Crippen molar-refractivity contribution in [2.45, 2.75) is 78.7 Å². The SMILES string of the molecule is Cc1cc(C)c(CNC(=O)c2cc(C)c3c(c2C)O[C@@](C)(C2CCC(N(C)C)CC2)O3)c(=O)[nH]1.O=C(O)C=CC(=O)O. The Hall–Kier alpha value is -4.12. The molecule has 0 bridgehead atoms. The molecule has 2 heterocycles. The van der Waals surface area contributed by atoms with Crippen LogP contribution in [0.5, 0.6) is 11.5 Å². The molecule has 1 fully saturated rings. The van der Waals surface area contributed by atoms with E-state index in [4.69, 9.17) is 19.7 Å². The molecule has 0 radical (unpaired) electrons. The molecule has 1 aromatic carbocycles. The molecule has 1 saturated carbocycles. The smallest absolute Gasteiger partial charge is 0.328 e. The molecule has 1 atom stereocenters. The Balaban J connectivity index is 0.000000531. The number of fused-ring (bicyclic) bond motifs is 1. The third-order valence-electron chi connectivity index (χ3n) is 7.98. The molecule has 11 heteroatoms. The summed E-state index contributed by atoms with van der Waals surface area (Å²) in [6.45, 7) is 9.76. The number of nitrogens with zero attached hydrogens (tertiary/aromatic N) is 1. The molecule has 2 aliphatic rings. The van der Waals surface area contributed by atoms with Crippen LogP contribution in [0, 0.1) is 33.6 Å². The number of hydrogen-bond donors (Lipinski definition) is 4. The van der Waals surface area contributed by atoms with Crippen LogP contribution in [0.1, 0.15) is 70.9 Å². The predicted octanol–water partition coefficient (Wildman–Crippen LogP) is 3.86. The van der Waals surface area contributed by atoms with Crippen LogP contribution in [-0.4, -0.2) is 63.9 Å². The van der Waals surface area contributed by atoms with E-state index >= 15 is 0 Å². The molecule has 0 saturated heterocycles. The highest BCUT2D eigenvalue weighted by Gasteiger charge is 2.47. The maximum Gasteiger partial charge on any atom is 0.328 e. The number of aliphatic carboxylic acids is 2. The molecule has 228 valence electrons. The number of carbonyl (C=O) groups is 3. The van der Waals surface area contributed by atoms with E-state index < -0.39 is 17.7 Å². The normalized spacial score (nSPS) is 21.1. The fourth-order valence-corrected chi connectivity index (χ4v) is 5.56. The third-order valence-corrected chi connectivity index (χ3v) is 7.98. The number of amides is 1. The van der Waals surface area contributed by atoms with Crippen LogP contribution in [-0.2, 0) is 16.1 Å². The summed E-state index contributed by atoms with van der Waals surface area (Å²) in [7, 11) is 4.28. The van der Waals surface area contributed by atoms with Crippen LogP contribution < -0.4 is 20.3 Å². The Bertz CT molecular complexity index is 1420. The van der Waals surface area contributed by atoms with Gasteiger partial charge in [-0.1, -0.05) is 0 Å². The summed E-state index contributed by atoms with van der Waals surface area (Å²) in [6, 6.07) is 4.37. The van der Waals surface area contributed by atoms with Crippen molar-refractivity contribution in [3.8, 4) is 11.5 Å². The number of ether oxygens (including phenoxy) is 2. The van der Waals surface area contributed by atoms with Crippen molar-refractivity contribution < 1.29 is 34.1 Å². The number of carbonyl (C=O) groups excluding carboxylic acids is 1. The zero-order valence-electron chi connectivity index (χ0n) is 25.3. The number of benzene rings is 1. The highest BCUT2D eigenvalue weighted by atomic mass is 16.7. The Morgan fingerprint density at radius 3 is 2.07 bits per heavy atom. The molecule has 1 aliphatic heterocycles. The van der Waals surface area contributed by atoms with Crippen molar-refractivity contribution in [1.29, 1.82) is 0 Å². The fraction of sp³-hybridized carbons (Fsp3) is 0.484. The molecule has 0 unspecified atom stereocenters. The van der Waals surface area contributed by atoms with Gasteiger partial charge in [-0.05, 0) is 90.7 Å². The lowest BCUT2D eigenvalue weighted by Gasteiger charge is -2.39. The van der Waals surface area contributed by atoms with Crippen molar-refractivity contribution in [2.75, 3.05) is 14.1 Å². The number of carboxylic acid groups (broad SMARTS) is 2. The van der Waals surface area contributed by atoms with Gasteiger partial charge in [-0.25, -0.2) is 9.59 Å². The number of rotatable bonds is 7. The molecule has 0 spiro atoms. The summed E-state index contributed by atoms with van der Waals surface area (Å²) >= 11 is 0. The number of hydrogen-bond acceptors (Lipinski definition) is 7. The van der Waals surface area contributed by atoms with E-state index in [0.717, 1.165) is 53.8 Å². The lowest BCUT2D eigenvalue weighted by Crippen LogP contribution is -2.46. The van der Waals surface area contributed by atoms with Gasteiger partial charge < -0.3 is 34.9 Å². The number of aryl methyl sites for hydroxylation is 3. The van der Waals surface area contributed by atoms with E-state index in [1.807, 2.05) is 46.8 Å². The molecule has 1 aliphatic carbocycles. The first-order chi connectivity index (χ1) is 19.6. The highest BCUT2D eigenvalue weighted by Crippen LogP contribution is 2.50. The summed E-state index contributed by atoms with van der Waals surface area (Å²) in [4.78, 5) is 49.6. The Kier molecular flexibility index (Phi) is 10.2. The topological polar surface area (TPSA) is 158 Å². The highest BCUT2D eigenvalue weighted by molar-refractivity contribution is 5.97. The first-order valence-electron chi connectivity index (χ1n) is 13.9.